The van der Waals surface area contributed by atoms with Gasteiger partial charge in [0.15, 0.2) is 0 Å². The predicted molar refractivity (Wildman–Crippen MR) is 126 cm³/mol. The number of anilines is 1. The van der Waals surface area contributed by atoms with Crippen molar-refractivity contribution in [3.8, 4) is 11.1 Å². The third kappa shape index (κ3) is 4.15. The predicted octanol–water partition coefficient (Wildman–Crippen LogP) is 5.78. The zero-order chi connectivity index (χ0) is 21.4. The first-order valence-corrected chi connectivity index (χ1v) is 11.5. The van der Waals surface area contributed by atoms with Crippen molar-refractivity contribution in [2.75, 3.05) is 31.1 Å². The minimum atomic E-state index is -0.241. The molecule has 0 bridgehead atoms. The van der Waals surface area contributed by atoms with Gasteiger partial charge in [-0.2, -0.15) is 4.98 Å². The van der Waals surface area contributed by atoms with E-state index in [9.17, 15) is 4.39 Å². The topological polar surface area (TPSA) is 32.3 Å². The molecule has 0 radical (unpaired) electrons. The van der Waals surface area contributed by atoms with Gasteiger partial charge in [0.2, 0.25) is 5.28 Å². The highest BCUT2D eigenvalue weighted by Gasteiger charge is 2.25. The standard InChI is InChI=1S/C24H22ClFN4S/c1-16-20(18-7-9-19(26)10-8-18)21-22(27-24(25)28-23(21)31-16)30-13-11-29(12-14-30)15-17-5-3-2-4-6-17/h2-10H,11-15H2,1H3. The summed E-state index contributed by atoms with van der Waals surface area (Å²) in [5.74, 6) is 0.632. The summed E-state index contributed by atoms with van der Waals surface area (Å²) in [6.07, 6.45) is 0. The van der Waals surface area contributed by atoms with E-state index in [0.717, 1.165) is 64.8 Å². The van der Waals surface area contributed by atoms with Gasteiger partial charge in [-0.05, 0) is 41.8 Å². The summed E-state index contributed by atoms with van der Waals surface area (Å²) in [6.45, 7) is 6.66. The number of halogens is 2. The highest BCUT2D eigenvalue weighted by Crippen LogP contribution is 2.42. The molecule has 0 aliphatic carbocycles. The van der Waals surface area contributed by atoms with Crippen LogP contribution in [0.1, 0.15) is 10.4 Å². The smallest absolute Gasteiger partial charge is 0.225 e. The van der Waals surface area contributed by atoms with Crippen LogP contribution in [0.25, 0.3) is 21.3 Å². The van der Waals surface area contributed by atoms with E-state index < -0.39 is 0 Å². The maximum Gasteiger partial charge on any atom is 0.225 e. The van der Waals surface area contributed by atoms with Crippen LogP contribution in [-0.2, 0) is 6.54 Å². The Kier molecular flexibility index (Phi) is 5.61. The molecule has 4 nitrogen and oxygen atoms in total. The number of hydrogen-bond acceptors (Lipinski definition) is 5. The molecule has 0 unspecified atom stereocenters. The Morgan fingerprint density at radius 3 is 2.39 bits per heavy atom. The molecule has 1 fully saturated rings. The molecule has 2 aromatic carbocycles. The maximum absolute atomic E-state index is 13.5. The number of aromatic nitrogens is 2. The average molecular weight is 453 g/mol. The van der Waals surface area contributed by atoms with E-state index >= 15 is 0 Å². The lowest BCUT2D eigenvalue weighted by molar-refractivity contribution is 0.249. The van der Waals surface area contributed by atoms with Crippen molar-refractivity contribution in [2.45, 2.75) is 13.5 Å². The summed E-state index contributed by atoms with van der Waals surface area (Å²) in [7, 11) is 0. The van der Waals surface area contributed by atoms with E-state index in [1.54, 1.807) is 11.3 Å². The van der Waals surface area contributed by atoms with Crippen LogP contribution in [0.15, 0.2) is 54.6 Å². The molecule has 0 N–H and O–H groups in total. The van der Waals surface area contributed by atoms with Crippen molar-refractivity contribution in [3.05, 3.63) is 76.1 Å². The molecule has 2 aromatic heterocycles. The van der Waals surface area contributed by atoms with Gasteiger partial charge in [0, 0.05) is 43.2 Å². The first-order valence-electron chi connectivity index (χ1n) is 10.3. The van der Waals surface area contributed by atoms with Crippen LogP contribution in [0.2, 0.25) is 5.28 Å². The van der Waals surface area contributed by atoms with Crippen molar-refractivity contribution >= 4 is 39.0 Å². The number of thiophene rings is 1. The SMILES string of the molecule is Cc1sc2nc(Cl)nc(N3CCN(Cc4ccccc4)CC3)c2c1-c1ccc(F)cc1. The molecule has 0 atom stereocenters. The molecule has 0 saturated carbocycles. The van der Waals surface area contributed by atoms with Gasteiger partial charge in [0.1, 0.15) is 16.5 Å². The molecule has 3 heterocycles. The number of rotatable bonds is 4. The van der Waals surface area contributed by atoms with E-state index in [4.69, 9.17) is 11.6 Å². The van der Waals surface area contributed by atoms with Crippen LogP contribution < -0.4 is 4.90 Å². The summed E-state index contributed by atoms with van der Waals surface area (Å²) in [5, 5.41) is 1.27. The first kappa shape index (κ1) is 20.4. The molecule has 0 spiro atoms. The van der Waals surface area contributed by atoms with Gasteiger partial charge in [-0.3, -0.25) is 4.90 Å². The van der Waals surface area contributed by atoms with Crippen LogP contribution >= 0.6 is 22.9 Å². The van der Waals surface area contributed by atoms with Gasteiger partial charge in [-0.1, -0.05) is 42.5 Å². The Bertz CT molecular complexity index is 1200. The molecule has 7 heteroatoms. The summed E-state index contributed by atoms with van der Waals surface area (Å²) in [6, 6.07) is 17.2. The van der Waals surface area contributed by atoms with Gasteiger partial charge >= 0.3 is 0 Å². The van der Waals surface area contributed by atoms with Gasteiger partial charge in [-0.15, -0.1) is 11.3 Å². The molecular weight excluding hydrogens is 431 g/mol. The Morgan fingerprint density at radius 2 is 1.68 bits per heavy atom. The third-order valence-corrected chi connectivity index (χ3v) is 6.90. The molecule has 0 amide bonds. The quantitative estimate of drug-likeness (QED) is 0.367. The Labute approximate surface area is 189 Å². The fourth-order valence-corrected chi connectivity index (χ4v) is 5.47. The van der Waals surface area contributed by atoms with Crippen LogP contribution in [-0.4, -0.2) is 41.0 Å². The van der Waals surface area contributed by atoms with Gasteiger partial charge in [0.05, 0.1) is 5.39 Å². The molecule has 1 aliphatic heterocycles. The van der Waals surface area contributed by atoms with Crippen molar-refractivity contribution in [1.29, 1.82) is 0 Å². The monoisotopic (exact) mass is 452 g/mol. The number of fused-ring (bicyclic) bond motifs is 1. The van der Waals surface area contributed by atoms with E-state index in [0.29, 0.717) is 0 Å². The van der Waals surface area contributed by atoms with Gasteiger partial charge in [-0.25, -0.2) is 9.37 Å². The van der Waals surface area contributed by atoms with Crippen LogP contribution in [0.3, 0.4) is 0 Å². The molecule has 1 saturated heterocycles. The van der Waals surface area contributed by atoms with Gasteiger partial charge in [0.25, 0.3) is 0 Å². The van der Waals surface area contributed by atoms with E-state index in [-0.39, 0.29) is 11.1 Å². The van der Waals surface area contributed by atoms with Crippen LogP contribution in [0.5, 0.6) is 0 Å². The lowest BCUT2D eigenvalue weighted by Gasteiger charge is -2.35. The average Bonchev–Trinajstić information content (AvgIpc) is 3.10. The fraction of sp³-hybridized carbons (Fsp3) is 0.250. The summed E-state index contributed by atoms with van der Waals surface area (Å²) in [5.41, 5.74) is 3.37. The molecule has 5 rings (SSSR count). The Morgan fingerprint density at radius 1 is 0.968 bits per heavy atom. The zero-order valence-corrected chi connectivity index (χ0v) is 18.8. The second kappa shape index (κ2) is 8.54. The largest absolute Gasteiger partial charge is 0.353 e. The number of aryl methyl sites for hydroxylation is 1. The Hall–Kier alpha value is -2.54. The summed E-state index contributed by atoms with van der Waals surface area (Å²) in [4.78, 5) is 15.9. The van der Waals surface area contributed by atoms with Crippen molar-refractivity contribution in [2.24, 2.45) is 0 Å². The highest BCUT2D eigenvalue weighted by atomic mass is 35.5. The summed E-state index contributed by atoms with van der Waals surface area (Å²) < 4.78 is 13.5. The first-order chi connectivity index (χ1) is 15.1. The number of benzene rings is 2. The molecule has 31 heavy (non-hydrogen) atoms. The molecule has 1 aliphatic rings. The van der Waals surface area contributed by atoms with Crippen LogP contribution in [0.4, 0.5) is 10.2 Å². The third-order valence-electron chi connectivity index (χ3n) is 5.73. The fourth-order valence-electron chi connectivity index (χ4n) is 4.22. The minimum Gasteiger partial charge on any atom is -0.353 e. The van der Waals surface area contributed by atoms with Crippen molar-refractivity contribution < 1.29 is 4.39 Å². The van der Waals surface area contributed by atoms with Crippen LogP contribution in [0, 0.1) is 12.7 Å². The number of piperazine rings is 1. The zero-order valence-electron chi connectivity index (χ0n) is 17.2. The molecule has 4 aromatic rings. The number of nitrogens with zero attached hydrogens (tertiary/aromatic N) is 4. The van der Waals surface area contributed by atoms with E-state index in [1.807, 2.05) is 18.2 Å². The second-order valence-corrected chi connectivity index (χ2v) is 9.33. The Balaban J connectivity index is 1.47. The van der Waals surface area contributed by atoms with Gasteiger partial charge < -0.3 is 4.90 Å². The van der Waals surface area contributed by atoms with Crippen molar-refractivity contribution in [1.82, 2.24) is 14.9 Å². The molecular formula is C24H22ClFN4S. The normalized spacial score (nSPS) is 15.0. The molecule has 158 valence electrons. The second-order valence-electron chi connectivity index (χ2n) is 7.79. The maximum atomic E-state index is 13.5. The summed E-state index contributed by atoms with van der Waals surface area (Å²) >= 11 is 7.91. The van der Waals surface area contributed by atoms with Crippen molar-refractivity contribution in [3.63, 3.8) is 0 Å². The lowest BCUT2D eigenvalue weighted by Crippen LogP contribution is -2.46. The number of hydrogen-bond donors (Lipinski definition) is 0. The van der Waals surface area contributed by atoms with E-state index in [1.165, 1.54) is 17.7 Å². The van der Waals surface area contributed by atoms with E-state index in [2.05, 4.69) is 51.0 Å². The minimum absolute atomic E-state index is 0.241. The lowest BCUT2D eigenvalue weighted by atomic mass is 10.0. The highest BCUT2D eigenvalue weighted by molar-refractivity contribution is 7.19.